The summed E-state index contributed by atoms with van der Waals surface area (Å²) in [6.45, 7) is 0. The fraction of sp³-hybridized carbons (Fsp3) is 0.0455. The summed E-state index contributed by atoms with van der Waals surface area (Å²) in [5.41, 5.74) is 1.76. The summed E-state index contributed by atoms with van der Waals surface area (Å²) in [5.74, 6) is 0.991. The lowest BCUT2D eigenvalue weighted by Crippen LogP contribution is -2.18. The van der Waals surface area contributed by atoms with E-state index < -0.39 is 20.0 Å². The van der Waals surface area contributed by atoms with Gasteiger partial charge in [-0.15, -0.1) is 0 Å². The van der Waals surface area contributed by atoms with Crippen LogP contribution in [0.2, 0.25) is 0 Å². The molecule has 32 heavy (non-hydrogen) atoms. The highest BCUT2D eigenvalue weighted by Gasteiger charge is 2.17. The van der Waals surface area contributed by atoms with Crippen molar-refractivity contribution in [1.29, 1.82) is 0 Å². The molecule has 8 nitrogen and oxygen atoms in total. The van der Waals surface area contributed by atoms with E-state index in [1.54, 1.807) is 18.3 Å². The summed E-state index contributed by atoms with van der Waals surface area (Å²) in [7, 11) is -6.17. The Morgan fingerprint density at radius 3 is 1.94 bits per heavy atom. The number of hydrogen-bond donors (Lipinski definition) is 2. The maximum Gasteiger partial charge on any atom is 0.261 e. The molecule has 1 aromatic heterocycles. The number of anilines is 1. The van der Waals surface area contributed by atoms with Crippen molar-refractivity contribution < 1.29 is 21.3 Å². The number of oxazole rings is 1. The van der Waals surface area contributed by atoms with E-state index in [0.717, 1.165) is 5.56 Å². The molecule has 0 amide bonds. The predicted molar refractivity (Wildman–Crippen MR) is 121 cm³/mol. The molecule has 0 aliphatic carbocycles. The maximum atomic E-state index is 12.7. The number of hydrogen-bond acceptors (Lipinski definition) is 6. The minimum Gasteiger partial charge on any atom is -0.436 e. The van der Waals surface area contributed by atoms with Crippen molar-refractivity contribution in [2.45, 2.75) is 9.79 Å². The largest absolute Gasteiger partial charge is 0.436 e. The standard InChI is InChI=1S/C22H19N3O5S2/c1-23-31(26,27)19-13-9-18(10-14-19)25-32(28,29)20-11-7-17(8-12-20)22-24-15-21(30-22)16-5-3-2-4-6-16/h2-15,23,25H,1H3. The van der Waals surface area contributed by atoms with E-state index >= 15 is 0 Å². The lowest BCUT2D eigenvalue weighted by molar-refractivity contribution is 0.587. The van der Waals surface area contributed by atoms with Crippen molar-refractivity contribution in [3.8, 4) is 22.8 Å². The highest BCUT2D eigenvalue weighted by atomic mass is 32.2. The van der Waals surface area contributed by atoms with E-state index in [4.69, 9.17) is 4.42 Å². The number of benzene rings is 3. The maximum absolute atomic E-state index is 12.7. The van der Waals surface area contributed by atoms with Gasteiger partial charge in [-0.3, -0.25) is 4.72 Å². The second kappa shape index (κ2) is 8.58. The molecule has 0 saturated heterocycles. The van der Waals surface area contributed by atoms with Gasteiger partial charge in [0.1, 0.15) is 0 Å². The molecular weight excluding hydrogens is 450 g/mol. The van der Waals surface area contributed by atoms with Crippen LogP contribution in [0, 0.1) is 0 Å². The van der Waals surface area contributed by atoms with Crippen molar-refractivity contribution in [2.24, 2.45) is 0 Å². The van der Waals surface area contributed by atoms with Gasteiger partial charge in [-0.25, -0.2) is 26.5 Å². The molecule has 4 aromatic rings. The molecular formula is C22H19N3O5S2. The molecule has 2 N–H and O–H groups in total. The fourth-order valence-electron chi connectivity index (χ4n) is 2.95. The summed E-state index contributed by atoms with van der Waals surface area (Å²) in [4.78, 5) is 4.35. The molecule has 10 heteroatoms. The molecule has 0 bridgehead atoms. The Kier molecular flexibility index (Phi) is 5.83. The Morgan fingerprint density at radius 2 is 1.31 bits per heavy atom. The third-order valence-electron chi connectivity index (χ3n) is 4.66. The summed E-state index contributed by atoms with van der Waals surface area (Å²) < 4.78 is 59.4. The van der Waals surface area contributed by atoms with Crippen molar-refractivity contribution in [3.05, 3.63) is 85.1 Å². The van der Waals surface area contributed by atoms with Crippen LogP contribution in [0.4, 0.5) is 5.69 Å². The molecule has 0 saturated carbocycles. The van der Waals surface area contributed by atoms with Gasteiger partial charge >= 0.3 is 0 Å². The molecule has 0 fully saturated rings. The molecule has 1 heterocycles. The first-order valence-electron chi connectivity index (χ1n) is 9.47. The number of rotatable bonds is 7. The summed E-state index contributed by atoms with van der Waals surface area (Å²) >= 11 is 0. The minimum atomic E-state index is -3.87. The number of nitrogens with zero attached hydrogens (tertiary/aromatic N) is 1. The van der Waals surface area contributed by atoms with E-state index in [9.17, 15) is 16.8 Å². The highest BCUT2D eigenvalue weighted by molar-refractivity contribution is 7.92. The van der Waals surface area contributed by atoms with Crippen molar-refractivity contribution in [1.82, 2.24) is 9.71 Å². The SMILES string of the molecule is CNS(=O)(=O)c1ccc(NS(=O)(=O)c2ccc(-c3ncc(-c4ccccc4)o3)cc2)cc1. The number of aromatic nitrogens is 1. The Balaban J connectivity index is 1.52. The Hall–Kier alpha value is -3.47. The van der Waals surface area contributed by atoms with E-state index in [1.807, 2.05) is 30.3 Å². The summed E-state index contributed by atoms with van der Waals surface area (Å²) in [6.07, 6.45) is 1.62. The summed E-state index contributed by atoms with van der Waals surface area (Å²) in [5, 5.41) is 0. The van der Waals surface area contributed by atoms with Gasteiger partial charge in [-0.2, -0.15) is 0 Å². The molecule has 164 valence electrons. The normalized spacial score (nSPS) is 11.9. The van der Waals surface area contributed by atoms with Gasteiger partial charge in [-0.1, -0.05) is 30.3 Å². The van der Waals surface area contributed by atoms with Crippen LogP contribution in [0.15, 0.2) is 99.3 Å². The molecule has 0 aliphatic rings. The van der Waals surface area contributed by atoms with Crippen molar-refractivity contribution in [3.63, 3.8) is 0 Å². The Labute approximate surface area is 186 Å². The predicted octanol–water partition coefficient (Wildman–Crippen LogP) is 3.72. The van der Waals surface area contributed by atoms with Gasteiger partial charge < -0.3 is 4.42 Å². The quantitative estimate of drug-likeness (QED) is 0.426. The highest BCUT2D eigenvalue weighted by Crippen LogP contribution is 2.27. The van der Waals surface area contributed by atoms with E-state index in [2.05, 4.69) is 14.4 Å². The van der Waals surface area contributed by atoms with Crippen LogP contribution in [0.5, 0.6) is 0 Å². The van der Waals surface area contributed by atoms with Crippen molar-refractivity contribution in [2.75, 3.05) is 11.8 Å². The van der Waals surface area contributed by atoms with Gasteiger partial charge in [0, 0.05) is 16.8 Å². The first-order chi connectivity index (χ1) is 15.3. The Morgan fingerprint density at radius 1 is 0.719 bits per heavy atom. The zero-order valence-corrected chi connectivity index (χ0v) is 18.5. The second-order valence-corrected chi connectivity index (χ2v) is 10.3. The first-order valence-corrected chi connectivity index (χ1v) is 12.4. The molecule has 0 unspecified atom stereocenters. The Bertz CT molecular complexity index is 1430. The van der Waals surface area contributed by atoms with Gasteiger partial charge in [-0.05, 0) is 55.6 Å². The fourth-order valence-corrected chi connectivity index (χ4v) is 4.74. The smallest absolute Gasteiger partial charge is 0.261 e. The lowest BCUT2D eigenvalue weighted by Gasteiger charge is -2.09. The van der Waals surface area contributed by atoms with Gasteiger partial charge in [0.2, 0.25) is 15.9 Å². The first kappa shape index (κ1) is 21.8. The average Bonchev–Trinajstić information content (AvgIpc) is 3.30. The average molecular weight is 470 g/mol. The molecule has 0 spiro atoms. The van der Waals surface area contributed by atoms with Crippen LogP contribution < -0.4 is 9.44 Å². The minimum absolute atomic E-state index is 0.0353. The number of sulfonamides is 2. The van der Waals surface area contributed by atoms with Crippen LogP contribution in [-0.2, 0) is 20.0 Å². The molecule has 3 aromatic carbocycles. The topological polar surface area (TPSA) is 118 Å². The van der Waals surface area contributed by atoms with Crippen LogP contribution >= 0.6 is 0 Å². The van der Waals surface area contributed by atoms with Crippen LogP contribution in [0.1, 0.15) is 0 Å². The van der Waals surface area contributed by atoms with Gasteiger partial charge in [0.15, 0.2) is 5.76 Å². The van der Waals surface area contributed by atoms with Gasteiger partial charge in [0.05, 0.1) is 16.0 Å². The molecule has 4 rings (SSSR count). The number of nitrogens with one attached hydrogen (secondary N) is 2. The molecule has 0 radical (unpaired) electrons. The third kappa shape index (κ3) is 4.57. The molecule has 0 aliphatic heterocycles. The van der Waals surface area contributed by atoms with Crippen molar-refractivity contribution >= 4 is 25.7 Å². The lowest BCUT2D eigenvalue weighted by atomic mass is 10.2. The molecule has 0 atom stereocenters. The zero-order valence-electron chi connectivity index (χ0n) is 16.9. The van der Waals surface area contributed by atoms with Gasteiger partial charge in [0.25, 0.3) is 10.0 Å². The van der Waals surface area contributed by atoms with E-state index in [1.165, 1.54) is 43.4 Å². The van der Waals surface area contributed by atoms with E-state index in [-0.39, 0.29) is 15.5 Å². The summed E-state index contributed by atoms with van der Waals surface area (Å²) in [6, 6.07) is 21.0. The van der Waals surface area contributed by atoms with Crippen LogP contribution in [-0.4, -0.2) is 28.9 Å². The van der Waals surface area contributed by atoms with Crippen LogP contribution in [0.3, 0.4) is 0 Å². The second-order valence-electron chi connectivity index (χ2n) is 6.76. The zero-order chi connectivity index (χ0) is 22.8. The third-order valence-corrected chi connectivity index (χ3v) is 7.49. The monoisotopic (exact) mass is 469 g/mol. The van der Waals surface area contributed by atoms with E-state index in [0.29, 0.717) is 17.2 Å². The van der Waals surface area contributed by atoms with Crippen LogP contribution in [0.25, 0.3) is 22.8 Å².